The molecular formula is C29H44. The van der Waals surface area contributed by atoms with E-state index in [1.165, 1.54) is 6.42 Å². The Labute approximate surface area is 179 Å². The van der Waals surface area contributed by atoms with E-state index in [0.717, 1.165) is 29.6 Å². The SMILES string of the molecule is CC1C2CC34CC(C)(C13C)C1(C)C4C3C4C5(C)CC2(C)C(C)(C)C5(C)C4(C)C31C. The highest BCUT2D eigenvalue weighted by Gasteiger charge is 3.08. The molecule has 0 aromatic carbocycles. The normalized spacial score (nSPS) is 85.1. The average molecular weight is 393 g/mol. The highest BCUT2D eigenvalue weighted by atomic mass is 15.1. The summed E-state index contributed by atoms with van der Waals surface area (Å²) in [6.45, 7) is 30.7. The van der Waals surface area contributed by atoms with Crippen LogP contribution < -0.4 is 0 Å². The molecule has 8 aliphatic carbocycles. The summed E-state index contributed by atoms with van der Waals surface area (Å²) in [7, 11) is 0. The molecule has 8 fully saturated rings. The van der Waals surface area contributed by atoms with Gasteiger partial charge in [0.15, 0.2) is 0 Å². The minimum atomic E-state index is 0.422. The van der Waals surface area contributed by atoms with Crippen LogP contribution in [-0.4, -0.2) is 0 Å². The van der Waals surface area contributed by atoms with E-state index in [2.05, 4.69) is 76.2 Å². The largest absolute Gasteiger partial charge is 0.0617 e. The van der Waals surface area contributed by atoms with E-state index in [4.69, 9.17) is 0 Å². The number of rotatable bonds is 0. The van der Waals surface area contributed by atoms with Gasteiger partial charge >= 0.3 is 0 Å². The zero-order valence-corrected chi connectivity index (χ0v) is 21.0. The fourth-order valence-corrected chi connectivity index (χ4v) is 17.3. The topological polar surface area (TPSA) is 0 Å². The molecule has 0 heterocycles. The monoisotopic (exact) mass is 392 g/mol. The summed E-state index contributed by atoms with van der Waals surface area (Å²) in [5, 5.41) is 0. The summed E-state index contributed by atoms with van der Waals surface area (Å²) in [5.74, 6) is 4.89. The summed E-state index contributed by atoms with van der Waals surface area (Å²) < 4.78 is 0. The van der Waals surface area contributed by atoms with Gasteiger partial charge in [-0.15, -0.1) is 0 Å². The lowest BCUT2D eigenvalue weighted by Crippen LogP contribution is -2.94. The van der Waals surface area contributed by atoms with Crippen LogP contribution in [0.15, 0.2) is 0 Å². The third-order valence-electron chi connectivity index (χ3n) is 18.6. The number of hydrogen-bond acceptors (Lipinski definition) is 0. The Bertz CT molecular complexity index is 977. The van der Waals surface area contributed by atoms with Crippen LogP contribution >= 0.6 is 0 Å². The number of hydrogen-bond donors (Lipinski definition) is 0. The fourth-order valence-electron chi connectivity index (χ4n) is 17.3. The quantitative estimate of drug-likeness (QED) is 0.402. The molecule has 29 heavy (non-hydrogen) atoms. The van der Waals surface area contributed by atoms with Crippen molar-refractivity contribution < 1.29 is 0 Å². The lowest BCUT2D eigenvalue weighted by atomic mass is 9.06. The molecule has 5 bridgehead atoms. The first-order valence-electron chi connectivity index (χ1n) is 13.0. The average Bonchev–Trinajstić information content (AvgIpc) is 3.04. The van der Waals surface area contributed by atoms with Gasteiger partial charge in [0, 0.05) is 0 Å². The molecule has 0 saturated heterocycles. The van der Waals surface area contributed by atoms with Gasteiger partial charge in [-0.05, 0) is 103 Å². The van der Waals surface area contributed by atoms with Crippen molar-refractivity contribution in [2.45, 2.75) is 95.4 Å². The molecule has 1 spiro atoms. The summed E-state index contributed by atoms with van der Waals surface area (Å²) in [5.41, 5.74) is 5.46. The van der Waals surface area contributed by atoms with E-state index in [-0.39, 0.29) is 0 Å². The second-order valence-corrected chi connectivity index (χ2v) is 16.3. The Balaban J connectivity index is 1.55. The Morgan fingerprint density at radius 3 is 1.86 bits per heavy atom. The highest BCUT2D eigenvalue weighted by Crippen LogP contribution is 3.13. The minimum Gasteiger partial charge on any atom is -0.0617 e. The van der Waals surface area contributed by atoms with Crippen molar-refractivity contribution in [1.29, 1.82) is 0 Å². The van der Waals surface area contributed by atoms with Crippen LogP contribution in [0.5, 0.6) is 0 Å². The van der Waals surface area contributed by atoms with Crippen molar-refractivity contribution in [2.75, 3.05) is 0 Å². The molecule has 0 nitrogen and oxygen atoms in total. The van der Waals surface area contributed by atoms with E-state index in [9.17, 15) is 0 Å². The van der Waals surface area contributed by atoms with Crippen molar-refractivity contribution in [1.82, 2.24) is 0 Å². The number of fused-ring (bicyclic) bond motifs is 7. The van der Waals surface area contributed by atoms with E-state index in [1.807, 2.05) is 0 Å². The molecule has 0 amide bonds. The lowest BCUT2D eigenvalue weighted by Gasteiger charge is -2.98. The molecule has 0 aromatic heterocycles. The molecule has 14 atom stereocenters. The maximum absolute atomic E-state index is 2.83. The van der Waals surface area contributed by atoms with Crippen LogP contribution in [0.2, 0.25) is 0 Å². The Morgan fingerprint density at radius 2 is 1.24 bits per heavy atom. The molecule has 0 radical (unpaired) electrons. The van der Waals surface area contributed by atoms with Gasteiger partial charge in [-0.3, -0.25) is 0 Å². The van der Waals surface area contributed by atoms with Crippen LogP contribution in [0.1, 0.15) is 95.4 Å². The zero-order chi connectivity index (χ0) is 21.0. The molecule has 0 aromatic rings. The molecule has 0 aliphatic heterocycles. The molecule has 14 unspecified atom stereocenters. The Kier molecular flexibility index (Phi) is 2.03. The molecule has 0 N–H and O–H groups in total. The van der Waals surface area contributed by atoms with Crippen molar-refractivity contribution >= 4 is 0 Å². The maximum atomic E-state index is 2.83. The standard InChI is InChI=1S/C29H44/c1-15-16-12-29-14-23(6,24(15,29)7)26(9)19(29)17-18-22(5)13-21(16,4)20(2,3)28(22,11)27(18,10)25(17,26)8/h15-19H,12-14H2,1-11H3. The molecule has 8 aliphatic rings. The summed E-state index contributed by atoms with van der Waals surface area (Å²) >= 11 is 0. The third kappa shape index (κ3) is 0.819. The molecule has 8 saturated carbocycles. The zero-order valence-electron chi connectivity index (χ0n) is 21.0. The van der Waals surface area contributed by atoms with Gasteiger partial charge in [-0.25, -0.2) is 0 Å². The van der Waals surface area contributed by atoms with Gasteiger partial charge < -0.3 is 0 Å². The first-order chi connectivity index (χ1) is 13.0. The smallest absolute Gasteiger partial charge is 0.0150 e. The van der Waals surface area contributed by atoms with E-state index < -0.39 is 0 Å². The van der Waals surface area contributed by atoms with E-state index in [1.54, 1.807) is 12.8 Å². The molecule has 8 rings (SSSR count). The first-order valence-corrected chi connectivity index (χ1v) is 13.0. The second kappa shape index (κ2) is 3.36. The van der Waals surface area contributed by atoms with Gasteiger partial charge in [-0.1, -0.05) is 76.2 Å². The van der Waals surface area contributed by atoms with Gasteiger partial charge in [0.1, 0.15) is 0 Å². The van der Waals surface area contributed by atoms with E-state index in [0.29, 0.717) is 54.1 Å². The van der Waals surface area contributed by atoms with Gasteiger partial charge in [0.05, 0.1) is 0 Å². The van der Waals surface area contributed by atoms with E-state index >= 15 is 0 Å². The fraction of sp³-hybridized carbons (Fsp3) is 1.00. The summed E-state index contributed by atoms with van der Waals surface area (Å²) in [4.78, 5) is 0. The summed E-state index contributed by atoms with van der Waals surface area (Å²) in [6.07, 6.45) is 4.65. The molecule has 0 heteroatoms. The summed E-state index contributed by atoms with van der Waals surface area (Å²) in [6, 6.07) is 0. The molecular weight excluding hydrogens is 348 g/mol. The van der Waals surface area contributed by atoms with Crippen molar-refractivity contribution in [3.63, 3.8) is 0 Å². The third-order valence-corrected chi connectivity index (χ3v) is 18.6. The predicted molar refractivity (Wildman–Crippen MR) is 118 cm³/mol. The highest BCUT2D eigenvalue weighted by molar-refractivity contribution is 5.55. The Morgan fingerprint density at radius 1 is 0.621 bits per heavy atom. The van der Waals surface area contributed by atoms with Gasteiger partial charge in [0.25, 0.3) is 0 Å². The maximum Gasteiger partial charge on any atom is -0.0150 e. The lowest BCUT2D eigenvalue weighted by molar-refractivity contribution is -0.516. The van der Waals surface area contributed by atoms with Crippen LogP contribution in [-0.2, 0) is 0 Å². The molecule has 160 valence electrons. The van der Waals surface area contributed by atoms with Crippen LogP contribution in [0.3, 0.4) is 0 Å². The van der Waals surface area contributed by atoms with Gasteiger partial charge in [-0.2, -0.15) is 0 Å². The van der Waals surface area contributed by atoms with Crippen molar-refractivity contribution in [2.24, 2.45) is 83.7 Å². The van der Waals surface area contributed by atoms with Crippen molar-refractivity contribution in [3.8, 4) is 0 Å². The second-order valence-electron chi connectivity index (χ2n) is 16.3. The Hall–Kier alpha value is 0. The minimum absolute atomic E-state index is 0.422. The van der Waals surface area contributed by atoms with Crippen LogP contribution in [0.25, 0.3) is 0 Å². The van der Waals surface area contributed by atoms with Gasteiger partial charge in [0.2, 0.25) is 0 Å². The first kappa shape index (κ1) is 17.5. The van der Waals surface area contributed by atoms with Crippen LogP contribution in [0.4, 0.5) is 0 Å². The van der Waals surface area contributed by atoms with Crippen molar-refractivity contribution in [3.05, 3.63) is 0 Å². The van der Waals surface area contributed by atoms with Crippen LogP contribution in [0, 0.1) is 83.7 Å². The predicted octanol–water partition coefficient (Wildman–Crippen LogP) is 7.43.